The first kappa shape index (κ1) is 12.8. The summed E-state index contributed by atoms with van der Waals surface area (Å²) in [5, 5.41) is 9.62. The first-order chi connectivity index (χ1) is 7.41. The van der Waals surface area contributed by atoms with Crippen LogP contribution < -0.4 is 4.90 Å². The molecule has 4 heteroatoms. The molecular formula is C12H16ClNO2. The molecule has 0 heterocycles. The summed E-state index contributed by atoms with van der Waals surface area (Å²) >= 11 is 5.88. The lowest BCUT2D eigenvalue weighted by atomic mass is 10.1. The third-order valence-corrected chi connectivity index (χ3v) is 2.48. The molecule has 0 aliphatic rings. The molecule has 0 spiro atoms. The average Bonchev–Trinajstić information content (AvgIpc) is 2.15. The summed E-state index contributed by atoms with van der Waals surface area (Å²) < 4.78 is 0. The topological polar surface area (TPSA) is 40.5 Å². The van der Waals surface area contributed by atoms with Crippen molar-refractivity contribution in [3.8, 4) is 0 Å². The van der Waals surface area contributed by atoms with Gasteiger partial charge in [0.2, 0.25) is 0 Å². The van der Waals surface area contributed by atoms with Crippen molar-refractivity contribution in [3.05, 3.63) is 28.8 Å². The Morgan fingerprint density at radius 3 is 2.62 bits per heavy atom. The minimum atomic E-state index is -0.928. The third kappa shape index (κ3) is 3.14. The van der Waals surface area contributed by atoms with Crippen LogP contribution in [-0.4, -0.2) is 24.7 Å². The Morgan fingerprint density at radius 1 is 1.50 bits per heavy atom. The highest BCUT2D eigenvalue weighted by atomic mass is 35.5. The molecule has 0 aromatic heterocycles. The number of halogens is 1. The number of hydrogen-bond donors (Lipinski definition) is 1. The van der Waals surface area contributed by atoms with Gasteiger partial charge in [-0.25, -0.2) is 4.79 Å². The first-order valence-corrected chi connectivity index (χ1v) is 5.53. The standard InChI is InChI=1S/C12H16ClNO2/c1-8(2)7-14(3)11-6-9(13)4-5-10(11)12(15)16/h4-6,8H,7H2,1-3H3,(H,15,16). The highest BCUT2D eigenvalue weighted by molar-refractivity contribution is 6.31. The van der Waals surface area contributed by atoms with Crippen molar-refractivity contribution in [2.24, 2.45) is 5.92 Å². The smallest absolute Gasteiger partial charge is 0.337 e. The maximum absolute atomic E-state index is 11.1. The maximum atomic E-state index is 11.1. The fraction of sp³-hybridized carbons (Fsp3) is 0.417. The summed E-state index contributed by atoms with van der Waals surface area (Å²) in [6.45, 7) is 4.96. The molecule has 1 aromatic rings. The van der Waals surface area contributed by atoms with E-state index in [-0.39, 0.29) is 5.56 Å². The van der Waals surface area contributed by atoms with Crippen molar-refractivity contribution in [1.29, 1.82) is 0 Å². The van der Waals surface area contributed by atoms with Gasteiger partial charge < -0.3 is 10.0 Å². The van der Waals surface area contributed by atoms with E-state index >= 15 is 0 Å². The van der Waals surface area contributed by atoms with Crippen molar-refractivity contribution >= 4 is 23.3 Å². The predicted octanol–water partition coefficient (Wildman–Crippen LogP) is 3.13. The van der Waals surface area contributed by atoms with Crippen LogP contribution in [0.2, 0.25) is 5.02 Å². The van der Waals surface area contributed by atoms with Crippen LogP contribution in [0.25, 0.3) is 0 Å². The molecule has 0 saturated heterocycles. The van der Waals surface area contributed by atoms with E-state index in [9.17, 15) is 4.79 Å². The molecule has 88 valence electrons. The van der Waals surface area contributed by atoms with E-state index in [1.807, 2.05) is 11.9 Å². The fourth-order valence-corrected chi connectivity index (χ4v) is 1.81. The van der Waals surface area contributed by atoms with Gasteiger partial charge in [0.15, 0.2) is 0 Å². The summed E-state index contributed by atoms with van der Waals surface area (Å²) in [7, 11) is 1.87. The Labute approximate surface area is 101 Å². The summed E-state index contributed by atoms with van der Waals surface area (Å²) in [5.41, 5.74) is 0.946. The summed E-state index contributed by atoms with van der Waals surface area (Å²) in [4.78, 5) is 13.0. The molecule has 0 atom stereocenters. The molecule has 1 aromatic carbocycles. The van der Waals surface area contributed by atoms with Gasteiger partial charge in [0.25, 0.3) is 0 Å². The minimum absolute atomic E-state index is 0.285. The number of carboxylic acid groups (broad SMARTS) is 1. The van der Waals surface area contributed by atoms with Crippen LogP contribution in [0.1, 0.15) is 24.2 Å². The molecule has 1 rings (SSSR count). The zero-order valence-electron chi connectivity index (χ0n) is 9.70. The Bertz CT molecular complexity index is 391. The number of carbonyl (C=O) groups is 1. The van der Waals surface area contributed by atoms with Gasteiger partial charge >= 0.3 is 5.97 Å². The van der Waals surface area contributed by atoms with Crippen LogP contribution in [-0.2, 0) is 0 Å². The second-order valence-corrected chi connectivity index (χ2v) is 4.68. The molecule has 1 N–H and O–H groups in total. The molecule has 0 aliphatic carbocycles. The van der Waals surface area contributed by atoms with Gasteiger partial charge in [0.05, 0.1) is 11.3 Å². The Morgan fingerprint density at radius 2 is 2.12 bits per heavy atom. The van der Waals surface area contributed by atoms with Gasteiger partial charge in [-0.3, -0.25) is 0 Å². The molecule has 16 heavy (non-hydrogen) atoms. The van der Waals surface area contributed by atoms with Crippen molar-refractivity contribution in [2.75, 3.05) is 18.5 Å². The maximum Gasteiger partial charge on any atom is 0.337 e. The SMILES string of the molecule is CC(C)CN(C)c1cc(Cl)ccc1C(=O)O. The second-order valence-electron chi connectivity index (χ2n) is 4.24. The quantitative estimate of drug-likeness (QED) is 0.881. The second kappa shape index (κ2) is 5.21. The van der Waals surface area contributed by atoms with E-state index in [0.29, 0.717) is 16.6 Å². The number of aromatic carboxylic acids is 1. The highest BCUT2D eigenvalue weighted by Crippen LogP contribution is 2.24. The van der Waals surface area contributed by atoms with Gasteiger partial charge in [-0.05, 0) is 24.1 Å². The Kier molecular flexibility index (Phi) is 4.19. The van der Waals surface area contributed by atoms with Crippen molar-refractivity contribution in [2.45, 2.75) is 13.8 Å². The van der Waals surface area contributed by atoms with E-state index in [1.54, 1.807) is 12.1 Å². The van der Waals surface area contributed by atoms with Crippen molar-refractivity contribution in [3.63, 3.8) is 0 Å². The van der Waals surface area contributed by atoms with E-state index < -0.39 is 5.97 Å². The predicted molar refractivity (Wildman–Crippen MR) is 66.5 cm³/mol. The van der Waals surface area contributed by atoms with E-state index in [4.69, 9.17) is 16.7 Å². The van der Waals surface area contributed by atoms with Crippen LogP contribution in [0.3, 0.4) is 0 Å². The summed E-state index contributed by atoms with van der Waals surface area (Å²) in [6.07, 6.45) is 0. The summed E-state index contributed by atoms with van der Waals surface area (Å²) in [5.74, 6) is -0.465. The van der Waals surface area contributed by atoms with Gasteiger partial charge in [0, 0.05) is 18.6 Å². The van der Waals surface area contributed by atoms with Gasteiger partial charge in [0.1, 0.15) is 0 Å². The van der Waals surface area contributed by atoms with Crippen LogP contribution >= 0.6 is 11.6 Å². The van der Waals surface area contributed by atoms with Crippen molar-refractivity contribution < 1.29 is 9.90 Å². The summed E-state index contributed by atoms with van der Waals surface area (Å²) in [6, 6.07) is 4.82. The lowest BCUT2D eigenvalue weighted by Gasteiger charge is -2.23. The molecule has 0 fully saturated rings. The number of rotatable bonds is 4. The number of carboxylic acids is 1. The van der Waals surface area contributed by atoms with Crippen LogP contribution in [0, 0.1) is 5.92 Å². The van der Waals surface area contributed by atoms with Gasteiger partial charge in [-0.1, -0.05) is 25.4 Å². The van der Waals surface area contributed by atoms with Crippen molar-refractivity contribution in [1.82, 2.24) is 0 Å². The van der Waals surface area contributed by atoms with E-state index in [2.05, 4.69) is 13.8 Å². The lowest BCUT2D eigenvalue weighted by molar-refractivity contribution is 0.0697. The normalized spacial score (nSPS) is 10.6. The lowest BCUT2D eigenvalue weighted by Crippen LogP contribution is -2.24. The fourth-order valence-electron chi connectivity index (χ4n) is 1.65. The molecule has 0 bridgehead atoms. The van der Waals surface area contributed by atoms with Crippen LogP contribution in [0.5, 0.6) is 0 Å². The molecule has 0 amide bonds. The number of nitrogens with zero attached hydrogens (tertiary/aromatic N) is 1. The van der Waals surface area contributed by atoms with Crippen LogP contribution in [0.4, 0.5) is 5.69 Å². The number of benzene rings is 1. The van der Waals surface area contributed by atoms with E-state index in [1.165, 1.54) is 6.07 Å². The molecular weight excluding hydrogens is 226 g/mol. The van der Waals surface area contributed by atoms with Gasteiger partial charge in [-0.2, -0.15) is 0 Å². The Hall–Kier alpha value is -1.22. The monoisotopic (exact) mass is 241 g/mol. The molecule has 0 aliphatic heterocycles. The third-order valence-electron chi connectivity index (χ3n) is 2.24. The number of anilines is 1. The molecule has 0 saturated carbocycles. The molecule has 0 unspecified atom stereocenters. The first-order valence-electron chi connectivity index (χ1n) is 5.15. The average molecular weight is 242 g/mol. The molecule has 3 nitrogen and oxygen atoms in total. The van der Waals surface area contributed by atoms with Crippen LogP contribution in [0.15, 0.2) is 18.2 Å². The van der Waals surface area contributed by atoms with E-state index in [0.717, 1.165) is 6.54 Å². The largest absolute Gasteiger partial charge is 0.478 e. The minimum Gasteiger partial charge on any atom is -0.478 e. The van der Waals surface area contributed by atoms with Gasteiger partial charge in [-0.15, -0.1) is 0 Å². The zero-order valence-corrected chi connectivity index (χ0v) is 10.5. The Balaban J connectivity index is 3.09. The highest BCUT2D eigenvalue weighted by Gasteiger charge is 2.14. The number of hydrogen-bond acceptors (Lipinski definition) is 2. The zero-order chi connectivity index (χ0) is 12.3. The molecule has 0 radical (unpaired) electrons.